The van der Waals surface area contributed by atoms with Crippen molar-refractivity contribution < 1.29 is 13.2 Å². The summed E-state index contributed by atoms with van der Waals surface area (Å²) < 4.78 is 38.8. The summed E-state index contributed by atoms with van der Waals surface area (Å²) in [5, 5.41) is 1.29. The molecule has 184 valence electrons. The van der Waals surface area contributed by atoms with Crippen LogP contribution in [0.5, 0.6) is 0 Å². The Morgan fingerprint density at radius 1 is 0.971 bits per heavy atom. The molecule has 0 amide bonds. The average molecular weight is 500 g/mol. The first-order valence-electron chi connectivity index (χ1n) is 11.8. The fraction of sp³-hybridized carbons (Fsp3) is 0.321. The summed E-state index contributed by atoms with van der Waals surface area (Å²) in [5.74, 6) is 0. The van der Waals surface area contributed by atoms with Crippen LogP contribution in [0.1, 0.15) is 37.3 Å². The summed E-state index contributed by atoms with van der Waals surface area (Å²) in [4.78, 5) is 9.33. The third-order valence-electron chi connectivity index (χ3n) is 6.53. The number of rotatable bonds is 7. The maximum absolute atomic E-state index is 12.9. The first kappa shape index (κ1) is 25.1. The van der Waals surface area contributed by atoms with Crippen molar-refractivity contribution in [2.45, 2.75) is 32.4 Å². The molecule has 1 aliphatic heterocycles. The van der Waals surface area contributed by atoms with Gasteiger partial charge >= 0.3 is 6.18 Å². The van der Waals surface area contributed by atoms with Gasteiger partial charge in [0.2, 0.25) is 0 Å². The van der Waals surface area contributed by atoms with Crippen molar-refractivity contribution in [3.05, 3.63) is 83.5 Å². The van der Waals surface area contributed by atoms with Crippen molar-refractivity contribution in [2.24, 2.45) is 0 Å². The SMILES string of the molecule is C=C(CCCC)N1CCN(C(=C)c2ccc3c(Cl)cc(-c4ccc(C(F)(F)F)cc4)nc3c2)CC1. The average Bonchev–Trinajstić information content (AvgIpc) is 2.86. The third kappa shape index (κ3) is 5.64. The summed E-state index contributed by atoms with van der Waals surface area (Å²) in [6.45, 7) is 14.3. The number of unbranched alkanes of at least 4 members (excludes halogenated alkanes) is 1. The van der Waals surface area contributed by atoms with Gasteiger partial charge in [-0.3, -0.25) is 0 Å². The Hall–Kier alpha value is -2.99. The lowest BCUT2D eigenvalue weighted by Crippen LogP contribution is -2.44. The Morgan fingerprint density at radius 2 is 1.63 bits per heavy atom. The fourth-order valence-electron chi connectivity index (χ4n) is 4.36. The second-order valence-corrected chi connectivity index (χ2v) is 9.29. The maximum Gasteiger partial charge on any atom is 0.416 e. The fourth-order valence-corrected chi connectivity index (χ4v) is 4.62. The third-order valence-corrected chi connectivity index (χ3v) is 6.84. The molecule has 2 heterocycles. The zero-order valence-electron chi connectivity index (χ0n) is 19.8. The predicted molar refractivity (Wildman–Crippen MR) is 138 cm³/mol. The number of allylic oxidation sites excluding steroid dienone is 1. The maximum atomic E-state index is 12.9. The summed E-state index contributed by atoms with van der Waals surface area (Å²) in [6.07, 6.45) is -1.02. The highest BCUT2D eigenvalue weighted by atomic mass is 35.5. The molecule has 2 aromatic carbocycles. The molecule has 0 spiro atoms. The number of nitrogens with zero attached hydrogens (tertiary/aromatic N) is 3. The molecule has 0 atom stereocenters. The summed E-state index contributed by atoms with van der Waals surface area (Å²) in [6, 6.07) is 12.5. The van der Waals surface area contributed by atoms with Gasteiger partial charge in [-0.1, -0.05) is 62.4 Å². The van der Waals surface area contributed by atoms with E-state index in [0.29, 0.717) is 21.8 Å². The van der Waals surface area contributed by atoms with Crippen molar-refractivity contribution in [1.82, 2.24) is 14.8 Å². The molecule has 0 bridgehead atoms. The number of benzene rings is 2. The molecule has 0 N–H and O–H groups in total. The van der Waals surface area contributed by atoms with Crippen LogP contribution in [0.15, 0.2) is 67.4 Å². The highest BCUT2D eigenvalue weighted by molar-refractivity contribution is 6.35. The Bertz CT molecular complexity index is 1230. The molecule has 1 aliphatic rings. The lowest BCUT2D eigenvalue weighted by atomic mass is 10.0. The van der Waals surface area contributed by atoms with Gasteiger partial charge in [0, 0.05) is 48.5 Å². The van der Waals surface area contributed by atoms with E-state index in [9.17, 15) is 13.2 Å². The number of alkyl halides is 3. The minimum atomic E-state index is -4.38. The van der Waals surface area contributed by atoms with Crippen LogP contribution in [-0.4, -0.2) is 41.0 Å². The summed E-state index contributed by atoms with van der Waals surface area (Å²) >= 11 is 6.51. The number of hydrogen-bond donors (Lipinski definition) is 0. The standard InChI is InChI=1S/C28H29ClF3N3/c1-4-5-6-19(2)34-13-15-35(16-14-34)20(3)22-9-12-24-25(29)18-26(33-27(24)17-22)21-7-10-23(11-8-21)28(30,31)32/h7-12,17-18H,2-6,13-16H2,1H3. The smallest absolute Gasteiger partial charge is 0.372 e. The highest BCUT2D eigenvalue weighted by Gasteiger charge is 2.30. The van der Waals surface area contributed by atoms with Crippen LogP contribution in [0, 0.1) is 0 Å². The van der Waals surface area contributed by atoms with E-state index in [0.717, 1.165) is 74.2 Å². The van der Waals surface area contributed by atoms with Gasteiger partial charge < -0.3 is 9.80 Å². The molecule has 3 nitrogen and oxygen atoms in total. The zero-order chi connectivity index (χ0) is 25.2. The minimum Gasteiger partial charge on any atom is -0.372 e. The van der Waals surface area contributed by atoms with Crippen molar-refractivity contribution in [3.8, 4) is 11.3 Å². The van der Waals surface area contributed by atoms with Gasteiger partial charge in [-0.15, -0.1) is 0 Å². The Labute approximate surface area is 209 Å². The van der Waals surface area contributed by atoms with Gasteiger partial charge in [-0.25, -0.2) is 4.98 Å². The van der Waals surface area contributed by atoms with E-state index in [4.69, 9.17) is 16.6 Å². The Kier molecular flexibility index (Phi) is 7.41. The topological polar surface area (TPSA) is 19.4 Å². The van der Waals surface area contributed by atoms with Crippen LogP contribution in [-0.2, 0) is 6.18 Å². The second-order valence-electron chi connectivity index (χ2n) is 8.89. The predicted octanol–water partition coefficient (Wildman–Crippen LogP) is 7.87. The first-order valence-corrected chi connectivity index (χ1v) is 12.2. The molecule has 3 aromatic rings. The quantitative estimate of drug-likeness (QED) is 0.330. The molecular weight excluding hydrogens is 471 g/mol. The second kappa shape index (κ2) is 10.3. The molecule has 0 aliphatic carbocycles. The largest absolute Gasteiger partial charge is 0.416 e. The number of fused-ring (bicyclic) bond motifs is 1. The lowest BCUT2D eigenvalue weighted by Gasteiger charge is -2.39. The van der Waals surface area contributed by atoms with Gasteiger partial charge in [0.25, 0.3) is 0 Å². The number of piperazine rings is 1. The van der Waals surface area contributed by atoms with E-state index >= 15 is 0 Å². The van der Waals surface area contributed by atoms with Crippen molar-refractivity contribution in [3.63, 3.8) is 0 Å². The summed E-state index contributed by atoms with van der Waals surface area (Å²) in [7, 11) is 0. The molecule has 1 fully saturated rings. The first-order chi connectivity index (χ1) is 16.7. The number of aromatic nitrogens is 1. The minimum absolute atomic E-state index is 0.501. The van der Waals surface area contributed by atoms with Gasteiger partial charge in [-0.05, 0) is 42.7 Å². The Balaban J connectivity index is 1.53. The highest BCUT2D eigenvalue weighted by Crippen LogP contribution is 2.33. The van der Waals surface area contributed by atoms with Crippen LogP contribution in [0.4, 0.5) is 13.2 Å². The molecule has 1 saturated heterocycles. The molecule has 1 aromatic heterocycles. The molecule has 35 heavy (non-hydrogen) atoms. The normalized spacial score (nSPS) is 14.4. The van der Waals surface area contributed by atoms with Crippen LogP contribution in [0.25, 0.3) is 27.9 Å². The van der Waals surface area contributed by atoms with E-state index in [-0.39, 0.29) is 0 Å². The molecule has 4 rings (SSSR count). The number of halogens is 4. The van der Waals surface area contributed by atoms with Crippen LogP contribution in [0.3, 0.4) is 0 Å². The molecule has 0 unspecified atom stereocenters. The molecule has 7 heteroatoms. The Morgan fingerprint density at radius 3 is 2.26 bits per heavy atom. The van der Waals surface area contributed by atoms with Gasteiger partial charge in [0.1, 0.15) is 0 Å². The number of pyridine rings is 1. The van der Waals surface area contributed by atoms with Gasteiger partial charge in [0.05, 0.1) is 21.8 Å². The van der Waals surface area contributed by atoms with Crippen molar-refractivity contribution in [2.75, 3.05) is 26.2 Å². The number of hydrogen-bond acceptors (Lipinski definition) is 3. The molecule has 0 saturated carbocycles. The molecular formula is C28H29ClF3N3. The van der Waals surface area contributed by atoms with Crippen LogP contribution < -0.4 is 0 Å². The van der Waals surface area contributed by atoms with E-state index < -0.39 is 11.7 Å². The zero-order valence-corrected chi connectivity index (χ0v) is 20.6. The lowest BCUT2D eigenvalue weighted by molar-refractivity contribution is -0.137. The van der Waals surface area contributed by atoms with E-state index in [1.54, 1.807) is 6.07 Å². The van der Waals surface area contributed by atoms with E-state index in [2.05, 4.69) is 29.9 Å². The van der Waals surface area contributed by atoms with Gasteiger partial charge in [-0.2, -0.15) is 13.2 Å². The van der Waals surface area contributed by atoms with Crippen molar-refractivity contribution >= 4 is 28.2 Å². The van der Waals surface area contributed by atoms with Crippen molar-refractivity contribution in [1.29, 1.82) is 0 Å². The molecule has 0 radical (unpaired) electrons. The van der Waals surface area contributed by atoms with Crippen LogP contribution >= 0.6 is 11.6 Å². The van der Waals surface area contributed by atoms with E-state index in [1.807, 2.05) is 18.2 Å². The van der Waals surface area contributed by atoms with Crippen LogP contribution in [0.2, 0.25) is 5.02 Å². The van der Waals surface area contributed by atoms with E-state index in [1.165, 1.54) is 17.8 Å². The summed E-state index contributed by atoms with van der Waals surface area (Å²) in [5.41, 5.74) is 4.16. The van der Waals surface area contributed by atoms with Gasteiger partial charge in [0.15, 0.2) is 0 Å². The monoisotopic (exact) mass is 499 g/mol.